The molecule has 0 aliphatic carbocycles. The monoisotopic (exact) mass is 423 g/mol. The van der Waals surface area contributed by atoms with Gasteiger partial charge in [-0.05, 0) is 31.6 Å². The largest absolute Gasteiger partial charge is 0.371 e. The van der Waals surface area contributed by atoms with Gasteiger partial charge in [-0.15, -0.1) is 0 Å². The number of aromatic nitrogens is 2. The molecule has 4 rings (SSSR count). The Bertz CT molecular complexity index is 849. The van der Waals surface area contributed by atoms with Crippen molar-refractivity contribution in [2.24, 2.45) is 5.92 Å². The van der Waals surface area contributed by atoms with Crippen LogP contribution in [0.2, 0.25) is 0 Å². The van der Waals surface area contributed by atoms with Crippen molar-refractivity contribution in [2.75, 3.05) is 41.4 Å². The van der Waals surface area contributed by atoms with E-state index in [1.807, 2.05) is 0 Å². The number of carbonyl (C=O) groups is 2. The van der Waals surface area contributed by atoms with E-state index in [0.29, 0.717) is 24.5 Å². The summed E-state index contributed by atoms with van der Waals surface area (Å²) in [6.07, 6.45) is 6.54. The number of hydrogen-bond acceptors (Lipinski definition) is 8. The number of hydrogen-bond donors (Lipinski definition) is 2. The minimum atomic E-state index is -2.94. The van der Waals surface area contributed by atoms with Crippen molar-refractivity contribution < 1.29 is 22.7 Å². The van der Waals surface area contributed by atoms with Gasteiger partial charge in [-0.1, -0.05) is 0 Å². The first-order chi connectivity index (χ1) is 13.9. The third-order valence-corrected chi connectivity index (χ3v) is 7.37. The molecule has 0 spiro atoms. The zero-order chi connectivity index (χ0) is 20.4. The summed E-state index contributed by atoms with van der Waals surface area (Å²) in [4.78, 5) is 34.8. The van der Waals surface area contributed by atoms with Gasteiger partial charge < -0.3 is 20.3 Å². The van der Waals surface area contributed by atoms with E-state index in [9.17, 15) is 18.0 Å². The second-order valence-electron chi connectivity index (χ2n) is 7.89. The molecule has 158 valence electrons. The third-order valence-electron chi connectivity index (χ3n) is 5.65. The van der Waals surface area contributed by atoms with Crippen molar-refractivity contribution in [3.8, 4) is 0 Å². The summed E-state index contributed by atoms with van der Waals surface area (Å²) in [6.45, 7) is 1.80. The Morgan fingerprint density at radius 2 is 1.66 bits per heavy atom. The van der Waals surface area contributed by atoms with Gasteiger partial charge >= 0.3 is 11.8 Å². The quantitative estimate of drug-likeness (QED) is 0.633. The number of ether oxygens (including phenoxy) is 1. The molecule has 0 saturated carbocycles. The maximum absolute atomic E-state index is 12.1. The Morgan fingerprint density at radius 3 is 2.28 bits per heavy atom. The fourth-order valence-corrected chi connectivity index (χ4v) is 5.56. The van der Waals surface area contributed by atoms with Crippen molar-refractivity contribution in [3.63, 3.8) is 0 Å². The van der Waals surface area contributed by atoms with E-state index in [-0.39, 0.29) is 36.2 Å². The Hall–Kier alpha value is -2.27. The Morgan fingerprint density at radius 1 is 1.03 bits per heavy atom. The minimum Gasteiger partial charge on any atom is -0.371 e. The lowest BCUT2D eigenvalue weighted by atomic mass is 10.0. The minimum absolute atomic E-state index is 0.0710. The van der Waals surface area contributed by atoms with Crippen LogP contribution < -0.4 is 15.5 Å². The summed E-state index contributed by atoms with van der Waals surface area (Å²) in [5, 5.41) is 5.06. The molecule has 10 nitrogen and oxygen atoms in total. The van der Waals surface area contributed by atoms with E-state index in [4.69, 9.17) is 4.74 Å². The SMILES string of the molecule is O=C(NCC1CCS(=O)(=O)CC1)C(=O)Nc1cnc(N2CC3CCC(C2)O3)nc1. The molecule has 11 heteroatoms. The van der Waals surface area contributed by atoms with Crippen molar-refractivity contribution in [3.05, 3.63) is 12.4 Å². The number of morpholine rings is 1. The number of rotatable bonds is 4. The predicted octanol–water partition coefficient (Wildman–Crippen LogP) is -0.276. The highest BCUT2D eigenvalue weighted by Crippen LogP contribution is 2.28. The van der Waals surface area contributed by atoms with Gasteiger partial charge in [-0.25, -0.2) is 18.4 Å². The summed E-state index contributed by atoms with van der Waals surface area (Å²) in [7, 11) is -2.94. The van der Waals surface area contributed by atoms with Crippen LogP contribution in [0.15, 0.2) is 12.4 Å². The zero-order valence-electron chi connectivity index (χ0n) is 16.0. The number of amides is 2. The van der Waals surface area contributed by atoms with E-state index in [2.05, 4.69) is 25.5 Å². The Balaban J connectivity index is 1.24. The van der Waals surface area contributed by atoms with Crippen LogP contribution in [-0.4, -0.2) is 73.5 Å². The lowest BCUT2D eigenvalue weighted by Crippen LogP contribution is -2.43. The first-order valence-electron chi connectivity index (χ1n) is 9.90. The smallest absolute Gasteiger partial charge is 0.313 e. The van der Waals surface area contributed by atoms with Crippen LogP contribution in [0.5, 0.6) is 0 Å². The van der Waals surface area contributed by atoms with Gasteiger partial charge in [0.05, 0.1) is 41.8 Å². The van der Waals surface area contributed by atoms with E-state index >= 15 is 0 Å². The molecule has 4 heterocycles. The topological polar surface area (TPSA) is 131 Å². The Kier molecular flexibility index (Phi) is 5.68. The molecule has 2 bridgehead atoms. The van der Waals surface area contributed by atoms with E-state index in [0.717, 1.165) is 25.9 Å². The summed E-state index contributed by atoms with van der Waals surface area (Å²) in [5.74, 6) is -0.634. The van der Waals surface area contributed by atoms with Gasteiger partial charge in [0, 0.05) is 19.6 Å². The molecule has 29 heavy (non-hydrogen) atoms. The number of nitrogens with one attached hydrogen (secondary N) is 2. The molecular weight excluding hydrogens is 398 g/mol. The van der Waals surface area contributed by atoms with Crippen molar-refractivity contribution in [1.29, 1.82) is 0 Å². The average molecular weight is 423 g/mol. The van der Waals surface area contributed by atoms with Crippen molar-refractivity contribution >= 4 is 33.3 Å². The first-order valence-corrected chi connectivity index (χ1v) is 11.7. The zero-order valence-corrected chi connectivity index (χ0v) is 16.9. The van der Waals surface area contributed by atoms with E-state index in [1.165, 1.54) is 12.4 Å². The molecule has 3 fully saturated rings. The van der Waals surface area contributed by atoms with Gasteiger partial charge in [-0.3, -0.25) is 9.59 Å². The molecule has 1 aromatic rings. The second kappa shape index (κ2) is 8.23. The van der Waals surface area contributed by atoms with Gasteiger partial charge in [0.15, 0.2) is 0 Å². The first kappa shape index (κ1) is 20.0. The molecular formula is C18H25N5O5S. The fourth-order valence-electron chi connectivity index (χ4n) is 3.98. The van der Waals surface area contributed by atoms with Crippen LogP contribution in [-0.2, 0) is 24.2 Å². The summed E-state index contributed by atoms with van der Waals surface area (Å²) < 4.78 is 28.7. The van der Waals surface area contributed by atoms with Crippen molar-refractivity contribution in [2.45, 2.75) is 37.9 Å². The average Bonchev–Trinajstić information content (AvgIpc) is 3.05. The summed E-state index contributed by atoms with van der Waals surface area (Å²) in [5.41, 5.74) is 0.342. The molecule has 2 amide bonds. The predicted molar refractivity (Wildman–Crippen MR) is 105 cm³/mol. The molecule has 3 aliphatic heterocycles. The van der Waals surface area contributed by atoms with Gasteiger partial charge in [-0.2, -0.15) is 0 Å². The van der Waals surface area contributed by atoms with Crippen LogP contribution in [0, 0.1) is 5.92 Å². The number of anilines is 2. The maximum atomic E-state index is 12.1. The van der Waals surface area contributed by atoms with Crippen LogP contribution >= 0.6 is 0 Å². The molecule has 2 N–H and O–H groups in total. The van der Waals surface area contributed by atoms with Gasteiger partial charge in [0.2, 0.25) is 5.95 Å². The molecule has 0 aromatic carbocycles. The molecule has 2 unspecified atom stereocenters. The van der Waals surface area contributed by atoms with Crippen LogP contribution in [0.4, 0.5) is 11.6 Å². The number of nitrogens with zero attached hydrogens (tertiary/aromatic N) is 3. The molecule has 1 aromatic heterocycles. The number of carbonyl (C=O) groups excluding carboxylic acids is 2. The molecule has 3 aliphatic rings. The van der Waals surface area contributed by atoms with Gasteiger partial charge in [0.1, 0.15) is 9.84 Å². The summed E-state index contributed by atoms with van der Waals surface area (Å²) in [6, 6.07) is 0. The van der Waals surface area contributed by atoms with Crippen molar-refractivity contribution in [1.82, 2.24) is 15.3 Å². The fraction of sp³-hybridized carbons (Fsp3) is 0.667. The van der Waals surface area contributed by atoms with E-state index < -0.39 is 21.7 Å². The van der Waals surface area contributed by atoms with Crippen LogP contribution in [0.3, 0.4) is 0 Å². The molecule has 3 saturated heterocycles. The van der Waals surface area contributed by atoms with E-state index in [1.54, 1.807) is 0 Å². The highest BCUT2D eigenvalue weighted by molar-refractivity contribution is 7.91. The van der Waals surface area contributed by atoms with Crippen LogP contribution in [0.25, 0.3) is 0 Å². The molecule has 2 atom stereocenters. The molecule has 0 radical (unpaired) electrons. The normalized spacial score (nSPS) is 26.1. The second-order valence-corrected chi connectivity index (χ2v) is 10.2. The lowest BCUT2D eigenvalue weighted by molar-refractivity contribution is -0.136. The lowest BCUT2D eigenvalue weighted by Gasteiger charge is -2.32. The highest BCUT2D eigenvalue weighted by atomic mass is 32.2. The standard InChI is InChI=1S/C18H25N5O5S/c24-16(19-7-12-3-5-29(26,27)6-4-12)17(25)22-13-8-20-18(21-9-13)23-10-14-1-2-15(11-23)28-14/h8-9,12,14-15H,1-7,10-11H2,(H,19,24)(H,22,25). The third kappa shape index (κ3) is 5.02. The summed E-state index contributed by atoms with van der Waals surface area (Å²) >= 11 is 0. The van der Waals surface area contributed by atoms with Gasteiger partial charge in [0.25, 0.3) is 0 Å². The number of fused-ring (bicyclic) bond motifs is 2. The number of sulfone groups is 1. The maximum Gasteiger partial charge on any atom is 0.313 e. The highest BCUT2D eigenvalue weighted by Gasteiger charge is 2.34. The Labute approximate surface area is 169 Å². The van der Waals surface area contributed by atoms with Crippen LogP contribution in [0.1, 0.15) is 25.7 Å².